The number of carbonyl (C=O) groups excluding carboxylic acids is 1. The van der Waals surface area contributed by atoms with Gasteiger partial charge in [0, 0.05) is 30.4 Å². The van der Waals surface area contributed by atoms with Gasteiger partial charge in [-0.2, -0.15) is 5.16 Å². The summed E-state index contributed by atoms with van der Waals surface area (Å²) in [5.74, 6) is 0.458. The van der Waals surface area contributed by atoms with Crippen LogP contribution in [-0.2, 0) is 4.79 Å². The highest BCUT2D eigenvalue weighted by molar-refractivity contribution is 6.07. The van der Waals surface area contributed by atoms with Gasteiger partial charge in [-0.15, -0.1) is 0 Å². The SMILES string of the molecule is NC(=O)[C@@H]1CCCN1c1cc2c3c(c(-c4ccc5c(=O)[nH]oc5c4)[nH]c3c1)NCCO2. The lowest BCUT2D eigenvalue weighted by atomic mass is 10.1. The minimum Gasteiger partial charge on any atom is -0.491 e. The number of hydrogen-bond acceptors (Lipinski definition) is 6. The van der Waals surface area contributed by atoms with Crippen molar-refractivity contribution in [3.63, 3.8) is 0 Å². The first-order valence-electron chi connectivity index (χ1n) is 10.3. The van der Waals surface area contributed by atoms with Gasteiger partial charge in [-0.05, 0) is 31.0 Å². The molecule has 2 aliphatic rings. The van der Waals surface area contributed by atoms with Gasteiger partial charge in [0.2, 0.25) is 5.91 Å². The Bertz CT molecular complexity index is 1400. The summed E-state index contributed by atoms with van der Waals surface area (Å²) < 4.78 is 11.3. The lowest BCUT2D eigenvalue weighted by Gasteiger charge is -2.25. The summed E-state index contributed by atoms with van der Waals surface area (Å²) in [6.45, 7) is 1.96. The summed E-state index contributed by atoms with van der Waals surface area (Å²) in [4.78, 5) is 29.3. The van der Waals surface area contributed by atoms with Crippen molar-refractivity contribution in [2.45, 2.75) is 18.9 Å². The Balaban J connectivity index is 1.54. The zero-order chi connectivity index (χ0) is 21.1. The van der Waals surface area contributed by atoms with Crippen LogP contribution in [-0.4, -0.2) is 41.8 Å². The van der Waals surface area contributed by atoms with E-state index < -0.39 is 0 Å². The highest BCUT2D eigenvalue weighted by Crippen LogP contribution is 2.44. The monoisotopic (exact) mass is 419 g/mol. The van der Waals surface area contributed by atoms with Crippen LogP contribution in [0.1, 0.15) is 12.8 Å². The van der Waals surface area contributed by atoms with Crippen LogP contribution in [0.4, 0.5) is 11.4 Å². The Morgan fingerprint density at radius 1 is 1.23 bits per heavy atom. The van der Waals surface area contributed by atoms with E-state index in [9.17, 15) is 9.59 Å². The van der Waals surface area contributed by atoms with E-state index >= 15 is 0 Å². The topological polar surface area (TPSA) is 129 Å². The minimum absolute atomic E-state index is 0.246. The van der Waals surface area contributed by atoms with E-state index in [2.05, 4.69) is 20.4 Å². The van der Waals surface area contributed by atoms with Gasteiger partial charge in [0.15, 0.2) is 5.58 Å². The second kappa shape index (κ2) is 6.56. The van der Waals surface area contributed by atoms with Crippen LogP contribution in [0.3, 0.4) is 0 Å². The number of ether oxygens (including phenoxy) is 1. The molecule has 0 unspecified atom stereocenters. The van der Waals surface area contributed by atoms with Gasteiger partial charge in [-0.1, -0.05) is 6.07 Å². The van der Waals surface area contributed by atoms with E-state index in [1.165, 1.54) is 0 Å². The molecule has 9 heteroatoms. The molecule has 0 bridgehead atoms. The van der Waals surface area contributed by atoms with Crippen LogP contribution in [0.15, 0.2) is 39.6 Å². The number of aromatic amines is 2. The second-order valence-electron chi connectivity index (χ2n) is 8.01. The van der Waals surface area contributed by atoms with Crippen molar-refractivity contribution in [3.05, 3.63) is 40.7 Å². The number of amides is 1. The second-order valence-corrected chi connectivity index (χ2v) is 8.01. The standard InChI is InChI=1S/C22H21N5O4/c23-21(28)15-2-1-6-27(15)12-9-14-18-17(10-12)30-7-5-24-20(18)19(25-14)11-3-4-13-16(8-11)31-26-22(13)29/h3-4,8-10,15,24-25H,1-2,5-7H2,(H2,23,28)(H,26,29)/t15-/m0/s1. The van der Waals surface area contributed by atoms with Gasteiger partial charge in [-0.3, -0.25) is 9.59 Å². The molecule has 0 aliphatic carbocycles. The Morgan fingerprint density at radius 2 is 2.13 bits per heavy atom. The number of H-pyrrole nitrogens is 2. The predicted molar refractivity (Wildman–Crippen MR) is 118 cm³/mol. The number of carbonyl (C=O) groups is 1. The molecule has 1 amide bonds. The van der Waals surface area contributed by atoms with E-state index in [0.29, 0.717) is 24.1 Å². The molecule has 4 aromatic rings. The lowest BCUT2D eigenvalue weighted by Crippen LogP contribution is -2.40. The summed E-state index contributed by atoms with van der Waals surface area (Å²) in [7, 11) is 0. The summed E-state index contributed by atoms with van der Waals surface area (Å²) in [5, 5.41) is 7.31. The fraction of sp³-hybridized carbons (Fsp3) is 0.273. The molecule has 5 N–H and O–H groups in total. The van der Waals surface area contributed by atoms with Gasteiger partial charge in [0.05, 0.1) is 27.7 Å². The fourth-order valence-corrected chi connectivity index (χ4v) is 4.77. The molecule has 4 heterocycles. The van der Waals surface area contributed by atoms with Crippen LogP contribution < -0.4 is 26.2 Å². The van der Waals surface area contributed by atoms with Crippen LogP contribution in [0.2, 0.25) is 0 Å². The smallest absolute Gasteiger partial charge is 0.287 e. The van der Waals surface area contributed by atoms with Gasteiger partial charge >= 0.3 is 0 Å². The number of nitrogens with one attached hydrogen (secondary N) is 3. The van der Waals surface area contributed by atoms with E-state index in [1.54, 1.807) is 6.07 Å². The number of nitrogens with two attached hydrogens (primary N) is 1. The number of primary amides is 1. The summed E-state index contributed by atoms with van der Waals surface area (Å²) in [6, 6.07) is 9.22. The summed E-state index contributed by atoms with van der Waals surface area (Å²) in [5.41, 5.74) is 10.4. The third-order valence-electron chi connectivity index (χ3n) is 6.19. The maximum atomic E-state index is 11.9. The molecular weight excluding hydrogens is 398 g/mol. The summed E-state index contributed by atoms with van der Waals surface area (Å²) >= 11 is 0. The maximum absolute atomic E-state index is 11.9. The van der Waals surface area contributed by atoms with Crippen LogP contribution >= 0.6 is 0 Å². The molecule has 1 saturated heterocycles. The molecular formula is C22H21N5O4. The van der Waals surface area contributed by atoms with E-state index in [4.69, 9.17) is 15.0 Å². The van der Waals surface area contributed by atoms with Crippen LogP contribution in [0.25, 0.3) is 33.1 Å². The molecule has 0 radical (unpaired) electrons. The predicted octanol–water partition coefficient (Wildman–Crippen LogP) is 2.53. The molecule has 1 fully saturated rings. The number of anilines is 2. The molecule has 2 aromatic heterocycles. The van der Waals surface area contributed by atoms with E-state index in [1.807, 2.05) is 24.3 Å². The highest BCUT2D eigenvalue weighted by atomic mass is 16.5. The van der Waals surface area contributed by atoms with Gasteiger partial charge < -0.3 is 30.2 Å². The number of hydrogen-bond donors (Lipinski definition) is 4. The molecule has 9 nitrogen and oxygen atoms in total. The normalized spacial score (nSPS) is 18.2. The molecule has 1 atom stereocenters. The Morgan fingerprint density at radius 3 is 3.00 bits per heavy atom. The maximum Gasteiger partial charge on any atom is 0.287 e. The van der Waals surface area contributed by atoms with Gasteiger partial charge in [-0.25, -0.2) is 0 Å². The lowest BCUT2D eigenvalue weighted by molar-refractivity contribution is -0.119. The number of fused-ring (bicyclic) bond motifs is 1. The van der Waals surface area contributed by atoms with Gasteiger partial charge in [0.1, 0.15) is 18.4 Å². The number of aromatic nitrogens is 2. The Hall–Kier alpha value is -3.88. The fourth-order valence-electron chi connectivity index (χ4n) is 4.77. The Kier molecular flexibility index (Phi) is 3.80. The average molecular weight is 419 g/mol. The van der Waals surface area contributed by atoms with Crippen molar-refractivity contribution in [1.82, 2.24) is 10.1 Å². The van der Waals surface area contributed by atoms with E-state index in [0.717, 1.165) is 58.7 Å². The molecule has 0 saturated carbocycles. The molecule has 31 heavy (non-hydrogen) atoms. The number of nitrogens with zero attached hydrogens (tertiary/aromatic N) is 1. The van der Waals surface area contributed by atoms with Crippen molar-refractivity contribution in [1.29, 1.82) is 0 Å². The average Bonchev–Trinajstić information content (AvgIpc) is 3.44. The van der Waals surface area contributed by atoms with Gasteiger partial charge in [0.25, 0.3) is 5.56 Å². The van der Waals surface area contributed by atoms with Crippen molar-refractivity contribution >= 4 is 39.2 Å². The van der Waals surface area contributed by atoms with Crippen molar-refractivity contribution in [2.75, 3.05) is 29.9 Å². The minimum atomic E-state index is -0.305. The Labute approximate surface area is 176 Å². The van der Waals surface area contributed by atoms with Crippen LogP contribution in [0, 0.1) is 0 Å². The van der Waals surface area contributed by atoms with Crippen molar-refractivity contribution in [3.8, 4) is 17.0 Å². The number of rotatable bonds is 3. The van der Waals surface area contributed by atoms with Crippen molar-refractivity contribution in [2.24, 2.45) is 5.73 Å². The number of benzene rings is 2. The quantitative estimate of drug-likeness (QED) is 0.404. The van der Waals surface area contributed by atoms with E-state index in [-0.39, 0.29) is 17.5 Å². The largest absolute Gasteiger partial charge is 0.491 e. The molecule has 2 aliphatic heterocycles. The highest BCUT2D eigenvalue weighted by Gasteiger charge is 2.31. The molecule has 158 valence electrons. The molecule has 2 aromatic carbocycles. The van der Waals surface area contributed by atoms with Crippen molar-refractivity contribution < 1.29 is 14.1 Å². The first kappa shape index (κ1) is 17.9. The molecule has 6 rings (SSSR count). The summed E-state index contributed by atoms with van der Waals surface area (Å²) in [6.07, 6.45) is 1.68. The third kappa shape index (κ3) is 2.69. The zero-order valence-electron chi connectivity index (χ0n) is 16.7. The first-order chi connectivity index (χ1) is 15.1. The third-order valence-corrected chi connectivity index (χ3v) is 6.19. The first-order valence-corrected chi connectivity index (χ1v) is 10.3. The zero-order valence-corrected chi connectivity index (χ0v) is 16.7. The molecule has 0 spiro atoms. The van der Waals surface area contributed by atoms with Crippen LogP contribution in [0.5, 0.6) is 5.75 Å².